The molecule has 5 heteroatoms. The number of rotatable bonds is 4. The highest BCUT2D eigenvalue weighted by molar-refractivity contribution is 5.56. The molecule has 0 unspecified atom stereocenters. The average molecular weight is 347 g/mol. The predicted octanol–water partition coefficient (Wildman–Crippen LogP) is 4.13. The Morgan fingerprint density at radius 3 is 2.58 bits per heavy atom. The number of aromatic nitrogens is 3. The second-order valence-electron chi connectivity index (χ2n) is 7.18. The summed E-state index contributed by atoms with van der Waals surface area (Å²) in [7, 11) is 2.20. The molecule has 5 nitrogen and oxygen atoms in total. The number of nitrogens with zero attached hydrogens (tertiary/aromatic N) is 4. The molecule has 0 atom stereocenters. The Morgan fingerprint density at radius 2 is 1.81 bits per heavy atom. The van der Waals surface area contributed by atoms with Crippen LogP contribution in [0.1, 0.15) is 29.9 Å². The van der Waals surface area contributed by atoms with Gasteiger partial charge >= 0.3 is 0 Å². The summed E-state index contributed by atoms with van der Waals surface area (Å²) in [5.74, 6) is 1.26. The molecule has 0 spiro atoms. The van der Waals surface area contributed by atoms with E-state index < -0.39 is 0 Å². The molecule has 1 saturated heterocycles. The molecule has 26 heavy (non-hydrogen) atoms. The van der Waals surface area contributed by atoms with Crippen molar-refractivity contribution in [2.45, 2.75) is 25.7 Å². The largest absolute Gasteiger partial charge is 0.323 e. The van der Waals surface area contributed by atoms with Gasteiger partial charge in [-0.25, -0.2) is 4.68 Å². The third kappa shape index (κ3) is 3.78. The number of para-hydroxylation sites is 1. The fourth-order valence-electron chi connectivity index (χ4n) is 3.62. The van der Waals surface area contributed by atoms with Crippen molar-refractivity contribution in [3.63, 3.8) is 0 Å². The number of aryl methyl sites for hydroxylation is 1. The smallest absolute Gasteiger partial charge is 0.246 e. The van der Waals surface area contributed by atoms with E-state index in [-0.39, 0.29) is 0 Å². The monoisotopic (exact) mass is 347 g/mol. The maximum absolute atomic E-state index is 4.55. The maximum Gasteiger partial charge on any atom is 0.246 e. The molecule has 134 valence electrons. The normalized spacial score (nSPS) is 15.9. The molecule has 0 saturated carbocycles. The van der Waals surface area contributed by atoms with Gasteiger partial charge < -0.3 is 10.2 Å². The van der Waals surface area contributed by atoms with Crippen molar-refractivity contribution in [2.75, 3.05) is 25.5 Å². The van der Waals surface area contributed by atoms with Crippen LogP contribution in [0.4, 0.5) is 11.6 Å². The summed E-state index contributed by atoms with van der Waals surface area (Å²) in [6, 6.07) is 16.8. The standard InChI is InChI=1S/C21H25N5/c1-16-12-18(17-8-10-25(2)11-9-17)14-19(13-16)23-21-22-15-26(24-21)20-6-4-3-5-7-20/h3-7,12-15,17H,8-11H2,1-2H3,(H,23,24). The van der Waals surface area contributed by atoms with Crippen LogP contribution in [-0.2, 0) is 0 Å². The molecule has 1 aliphatic heterocycles. The molecule has 0 aliphatic carbocycles. The van der Waals surface area contributed by atoms with Crippen LogP contribution in [-0.4, -0.2) is 39.8 Å². The van der Waals surface area contributed by atoms with E-state index in [0.29, 0.717) is 11.9 Å². The number of piperidine rings is 1. The lowest BCUT2D eigenvalue weighted by Gasteiger charge is -2.29. The van der Waals surface area contributed by atoms with E-state index in [1.807, 2.05) is 30.3 Å². The van der Waals surface area contributed by atoms with Crippen LogP contribution in [0.15, 0.2) is 54.9 Å². The molecular weight excluding hydrogens is 322 g/mol. The summed E-state index contributed by atoms with van der Waals surface area (Å²) in [4.78, 5) is 6.81. The minimum Gasteiger partial charge on any atom is -0.323 e. The molecule has 0 bridgehead atoms. The molecule has 1 N–H and O–H groups in total. The Labute approximate surface area is 154 Å². The minimum absolute atomic E-state index is 0.619. The molecule has 2 aromatic carbocycles. The lowest BCUT2D eigenvalue weighted by Crippen LogP contribution is -2.29. The molecule has 1 fully saturated rings. The van der Waals surface area contributed by atoms with Crippen LogP contribution in [0.3, 0.4) is 0 Å². The average Bonchev–Trinajstić information content (AvgIpc) is 3.11. The first-order chi connectivity index (χ1) is 12.7. The van der Waals surface area contributed by atoms with Crippen molar-refractivity contribution in [3.8, 4) is 5.69 Å². The molecule has 1 aliphatic rings. The number of nitrogens with one attached hydrogen (secondary N) is 1. The van der Waals surface area contributed by atoms with Gasteiger partial charge in [-0.2, -0.15) is 4.98 Å². The van der Waals surface area contributed by atoms with Crippen LogP contribution >= 0.6 is 0 Å². The third-order valence-electron chi connectivity index (χ3n) is 5.06. The van der Waals surface area contributed by atoms with E-state index in [1.54, 1.807) is 11.0 Å². The Morgan fingerprint density at radius 1 is 1.04 bits per heavy atom. The SMILES string of the molecule is Cc1cc(Nc2ncn(-c3ccccc3)n2)cc(C2CCN(C)CC2)c1. The van der Waals surface area contributed by atoms with Gasteiger partial charge in [0.15, 0.2) is 0 Å². The zero-order valence-corrected chi connectivity index (χ0v) is 15.4. The number of likely N-dealkylation sites (tertiary alicyclic amines) is 1. The van der Waals surface area contributed by atoms with E-state index in [1.165, 1.54) is 37.1 Å². The van der Waals surface area contributed by atoms with Gasteiger partial charge in [-0.1, -0.05) is 24.3 Å². The summed E-state index contributed by atoms with van der Waals surface area (Å²) in [6.07, 6.45) is 4.19. The Hall–Kier alpha value is -2.66. The predicted molar refractivity (Wildman–Crippen MR) is 105 cm³/mol. The van der Waals surface area contributed by atoms with Gasteiger partial charge in [0.2, 0.25) is 5.95 Å². The first kappa shape index (κ1) is 16.8. The lowest BCUT2D eigenvalue weighted by atomic mass is 9.88. The van der Waals surface area contributed by atoms with Crippen LogP contribution in [0.25, 0.3) is 5.69 Å². The molecule has 0 radical (unpaired) electrons. The molecule has 3 aromatic rings. The number of hydrogen-bond donors (Lipinski definition) is 1. The fourth-order valence-corrected chi connectivity index (χ4v) is 3.62. The fraction of sp³-hybridized carbons (Fsp3) is 0.333. The topological polar surface area (TPSA) is 46.0 Å². The highest BCUT2D eigenvalue weighted by atomic mass is 15.4. The Balaban J connectivity index is 1.52. The zero-order valence-electron chi connectivity index (χ0n) is 15.4. The first-order valence-corrected chi connectivity index (χ1v) is 9.21. The van der Waals surface area contributed by atoms with E-state index in [4.69, 9.17) is 0 Å². The quantitative estimate of drug-likeness (QED) is 0.771. The van der Waals surface area contributed by atoms with Gasteiger partial charge in [-0.05, 0) is 81.2 Å². The molecule has 2 heterocycles. The lowest BCUT2D eigenvalue weighted by molar-refractivity contribution is 0.255. The summed E-state index contributed by atoms with van der Waals surface area (Å²) in [5.41, 5.74) is 4.75. The van der Waals surface area contributed by atoms with Crippen molar-refractivity contribution in [1.82, 2.24) is 19.7 Å². The van der Waals surface area contributed by atoms with E-state index in [0.717, 1.165) is 11.4 Å². The van der Waals surface area contributed by atoms with Gasteiger partial charge in [-0.15, -0.1) is 5.10 Å². The highest BCUT2D eigenvalue weighted by Gasteiger charge is 2.19. The summed E-state index contributed by atoms with van der Waals surface area (Å²) in [5, 5.41) is 7.92. The van der Waals surface area contributed by atoms with Gasteiger partial charge in [0.1, 0.15) is 6.33 Å². The van der Waals surface area contributed by atoms with E-state index in [9.17, 15) is 0 Å². The molecule has 1 aromatic heterocycles. The van der Waals surface area contributed by atoms with Crippen molar-refractivity contribution in [1.29, 1.82) is 0 Å². The highest BCUT2D eigenvalue weighted by Crippen LogP contribution is 2.30. The van der Waals surface area contributed by atoms with E-state index in [2.05, 4.69) is 52.5 Å². The summed E-state index contributed by atoms with van der Waals surface area (Å²) < 4.78 is 1.79. The minimum atomic E-state index is 0.619. The number of hydrogen-bond acceptors (Lipinski definition) is 4. The second-order valence-corrected chi connectivity index (χ2v) is 7.18. The van der Waals surface area contributed by atoms with E-state index >= 15 is 0 Å². The molecule has 4 rings (SSSR count). The van der Waals surface area contributed by atoms with Gasteiger partial charge in [0, 0.05) is 5.69 Å². The Kier molecular flexibility index (Phi) is 4.71. The maximum atomic E-state index is 4.55. The second kappa shape index (κ2) is 7.30. The first-order valence-electron chi connectivity index (χ1n) is 9.21. The zero-order chi connectivity index (χ0) is 17.9. The van der Waals surface area contributed by atoms with Crippen LogP contribution in [0.2, 0.25) is 0 Å². The van der Waals surface area contributed by atoms with Crippen molar-refractivity contribution in [3.05, 3.63) is 66.0 Å². The van der Waals surface area contributed by atoms with Crippen molar-refractivity contribution in [2.24, 2.45) is 0 Å². The molecule has 0 amide bonds. The Bertz CT molecular complexity index is 863. The summed E-state index contributed by atoms with van der Waals surface area (Å²) in [6.45, 7) is 4.49. The van der Waals surface area contributed by atoms with Crippen LogP contribution < -0.4 is 5.32 Å². The third-order valence-corrected chi connectivity index (χ3v) is 5.06. The molecular formula is C21H25N5. The van der Waals surface area contributed by atoms with Gasteiger partial charge in [0.05, 0.1) is 5.69 Å². The van der Waals surface area contributed by atoms with Crippen LogP contribution in [0.5, 0.6) is 0 Å². The van der Waals surface area contributed by atoms with Crippen LogP contribution in [0, 0.1) is 6.92 Å². The number of anilines is 2. The number of benzene rings is 2. The van der Waals surface area contributed by atoms with Gasteiger partial charge in [0.25, 0.3) is 0 Å². The van der Waals surface area contributed by atoms with Gasteiger partial charge in [-0.3, -0.25) is 0 Å². The summed E-state index contributed by atoms with van der Waals surface area (Å²) >= 11 is 0. The van der Waals surface area contributed by atoms with Crippen molar-refractivity contribution < 1.29 is 0 Å². The van der Waals surface area contributed by atoms with Crippen molar-refractivity contribution >= 4 is 11.6 Å².